The quantitative estimate of drug-likeness (QED) is 0.815. The van der Waals surface area contributed by atoms with Crippen molar-refractivity contribution in [3.05, 3.63) is 11.6 Å². The van der Waals surface area contributed by atoms with E-state index < -0.39 is 0 Å². The molecule has 1 aromatic heterocycles. The Balaban J connectivity index is 2.86. The van der Waals surface area contributed by atoms with Gasteiger partial charge in [-0.05, 0) is 5.41 Å². The van der Waals surface area contributed by atoms with Crippen molar-refractivity contribution in [1.82, 2.24) is 14.8 Å². The largest absolute Gasteiger partial charge is 0.388 e. The Labute approximate surface area is 96.5 Å². The predicted octanol–water partition coefficient (Wildman–Crippen LogP) is 1.01. The first-order valence-electron chi connectivity index (χ1n) is 5.48. The summed E-state index contributed by atoms with van der Waals surface area (Å²) < 4.78 is 6.98. The van der Waals surface area contributed by atoms with Crippen LogP contribution in [0.25, 0.3) is 0 Å². The van der Waals surface area contributed by atoms with Crippen molar-refractivity contribution in [2.45, 2.75) is 40.3 Å². The first-order valence-corrected chi connectivity index (χ1v) is 5.48. The lowest BCUT2D eigenvalue weighted by molar-refractivity contribution is 0.180. The van der Waals surface area contributed by atoms with E-state index >= 15 is 0 Å². The molecule has 5 heteroatoms. The normalized spacial score (nSPS) is 12.1. The molecule has 0 aliphatic heterocycles. The number of rotatable bonds is 5. The summed E-state index contributed by atoms with van der Waals surface area (Å²) in [5, 5.41) is 17.3. The second-order valence-electron chi connectivity index (χ2n) is 5.07. The Bertz CT molecular complexity index is 328. The summed E-state index contributed by atoms with van der Waals surface area (Å²) in [7, 11) is 1.66. The molecule has 0 aliphatic rings. The van der Waals surface area contributed by atoms with Gasteiger partial charge >= 0.3 is 0 Å². The summed E-state index contributed by atoms with van der Waals surface area (Å²) in [6.45, 7) is 7.66. The van der Waals surface area contributed by atoms with Gasteiger partial charge in [0.25, 0.3) is 0 Å². The Morgan fingerprint density at radius 1 is 1.25 bits per heavy atom. The molecule has 0 spiro atoms. The Morgan fingerprint density at radius 3 is 2.38 bits per heavy atom. The maximum Gasteiger partial charge on any atom is 0.158 e. The molecule has 0 saturated heterocycles. The van der Waals surface area contributed by atoms with Crippen molar-refractivity contribution >= 4 is 0 Å². The summed E-state index contributed by atoms with van der Waals surface area (Å²) >= 11 is 0. The first-order chi connectivity index (χ1) is 7.48. The average Bonchev–Trinajstić information content (AvgIpc) is 2.55. The molecule has 0 radical (unpaired) electrons. The molecule has 1 N–H and O–H groups in total. The molecule has 1 aromatic rings. The number of ether oxygens (including phenoxy) is 1. The van der Waals surface area contributed by atoms with E-state index in [1.807, 2.05) is 4.57 Å². The van der Waals surface area contributed by atoms with Crippen LogP contribution < -0.4 is 0 Å². The fraction of sp³-hybridized carbons (Fsp3) is 0.818. The maximum absolute atomic E-state index is 9.17. The van der Waals surface area contributed by atoms with E-state index in [1.165, 1.54) is 0 Å². The smallest absolute Gasteiger partial charge is 0.158 e. The topological polar surface area (TPSA) is 60.2 Å². The lowest BCUT2D eigenvalue weighted by Crippen LogP contribution is -2.17. The number of aromatic nitrogens is 3. The monoisotopic (exact) mass is 227 g/mol. The van der Waals surface area contributed by atoms with Gasteiger partial charge in [0, 0.05) is 20.1 Å². The highest BCUT2D eigenvalue weighted by Crippen LogP contribution is 2.19. The highest BCUT2D eigenvalue weighted by atomic mass is 16.5. The van der Waals surface area contributed by atoms with Crippen LogP contribution in [0.2, 0.25) is 0 Å². The summed E-state index contributed by atoms with van der Waals surface area (Å²) in [6.07, 6.45) is 0.837. The number of hydrogen-bond acceptors (Lipinski definition) is 4. The van der Waals surface area contributed by atoms with Crippen LogP contribution in [-0.4, -0.2) is 33.6 Å². The van der Waals surface area contributed by atoms with E-state index in [9.17, 15) is 0 Å². The zero-order chi connectivity index (χ0) is 12.2. The van der Waals surface area contributed by atoms with Crippen molar-refractivity contribution in [2.24, 2.45) is 5.41 Å². The maximum atomic E-state index is 9.17. The Hall–Kier alpha value is -0.940. The first kappa shape index (κ1) is 13.1. The van der Waals surface area contributed by atoms with Crippen molar-refractivity contribution in [1.29, 1.82) is 0 Å². The predicted molar refractivity (Wildman–Crippen MR) is 61.0 cm³/mol. The third-order valence-corrected chi connectivity index (χ3v) is 2.25. The molecule has 1 rings (SSSR count). The lowest BCUT2D eigenvalue weighted by Gasteiger charge is -2.18. The Kier molecular flexibility index (Phi) is 4.44. The SMILES string of the molecule is COCCn1c(CO)nnc1CC(C)(C)C. The van der Waals surface area contributed by atoms with E-state index in [1.54, 1.807) is 7.11 Å². The van der Waals surface area contributed by atoms with Crippen LogP contribution in [0.1, 0.15) is 32.4 Å². The molecule has 1 heterocycles. The molecule has 5 nitrogen and oxygen atoms in total. The van der Waals surface area contributed by atoms with Gasteiger partial charge in [-0.25, -0.2) is 0 Å². The lowest BCUT2D eigenvalue weighted by atomic mass is 9.92. The summed E-state index contributed by atoms with van der Waals surface area (Å²) in [5.41, 5.74) is 0.157. The fourth-order valence-electron chi connectivity index (χ4n) is 1.54. The number of nitrogens with zero attached hydrogens (tertiary/aromatic N) is 3. The van der Waals surface area contributed by atoms with Crippen LogP contribution in [0.15, 0.2) is 0 Å². The number of methoxy groups -OCH3 is 1. The van der Waals surface area contributed by atoms with Gasteiger partial charge in [-0.15, -0.1) is 10.2 Å². The van der Waals surface area contributed by atoms with E-state index in [2.05, 4.69) is 31.0 Å². The van der Waals surface area contributed by atoms with Gasteiger partial charge in [-0.1, -0.05) is 20.8 Å². The van der Waals surface area contributed by atoms with Gasteiger partial charge in [-0.2, -0.15) is 0 Å². The second kappa shape index (κ2) is 5.41. The van der Waals surface area contributed by atoms with Gasteiger partial charge in [0.1, 0.15) is 12.4 Å². The highest BCUT2D eigenvalue weighted by molar-refractivity contribution is 4.97. The molecular formula is C11H21N3O2. The van der Waals surface area contributed by atoms with Crippen LogP contribution >= 0.6 is 0 Å². The molecule has 0 bridgehead atoms. The molecular weight excluding hydrogens is 206 g/mol. The number of aliphatic hydroxyl groups excluding tert-OH is 1. The van der Waals surface area contributed by atoms with E-state index in [0.717, 1.165) is 12.2 Å². The summed E-state index contributed by atoms with van der Waals surface area (Å²) in [5.74, 6) is 1.52. The standard InChI is InChI=1S/C11H21N3O2/c1-11(2,3)7-9-12-13-10(8-15)14(9)5-6-16-4/h15H,5-8H2,1-4H3. The molecule has 0 atom stereocenters. The number of aliphatic hydroxyl groups is 1. The minimum Gasteiger partial charge on any atom is -0.388 e. The van der Waals surface area contributed by atoms with Crippen LogP contribution in [0.4, 0.5) is 0 Å². The number of hydrogen-bond donors (Lipinski definition) is 1. The van der Waals surface area contributed by atoms with Crippen LogP contribution in [0.3, 0.4) is 0 Å². The average molecular weight is 227 g/mol. The molecule has 0 saturated carbocycles. The zero-order valence-electron chi connectivity index (χ0n) is 10.5. The molecule has 0 amide bonds. The zero-order valence-corrected chi connectivity index (χ0v) is 10.5. The third kappa shape index (κ3) is 3.57. The van der Waals surface area contributed by atoms with Gasteiger partial charge in [0.2, 0.25) is 0 Å². The van der Waals surface area contributed by atoms with Crippen molar-refractivity contribution in [3.8, 4) is 0 Å². The summed E-state index contributed by atoms with van der Waals surface area (Å²) in [4.78, 5) is 0. The van der Waals surface area contributed by atoms with Crippen LogP contribution in [0.5, 0.6) is 0 Å². The van der Waals surface area contributed by atoms with Crippen molar-refractivity contribution in [2.75, 3.05) is 13.7 Å². The van der Waals surface area contributed by atoms with Gasteiger partial charge in [-0.3, -0.25) is 0 Å². The minimum atomic E-state index is -0.0825. The molecule has 0 fully saturated rings. The van der Waals surface area contributed by atoms with E-state index in [0.29, 0.717) is 19.0 Å². The van der Waals surface area contributed by atoms with Gasteiger partial charge in [0.15, 0.2) is 5.82 Å². The molecule has 0 aromatic carbocycles. The fourth-order valence-corrected chi connectivity index (χ4v) is 1.54. The van der Waals surface area contributed by atoms with Crippen LogP contribution in [-0.2, 0) is 24.3 Å². The molecule has 0 unspecified atom stereocenters. The Morgan fingerprint density at radius 2 is 1.88 bits per heavy atom. The van der Waals surface area contributed by atoms with E-state index in [4.69, 9.17) is 9.84 Å². The molecule has 16 heavy (non-hydrogen) atoms. The van der Waals surface area contributed by atoms with Crippen molar-refractivity contribution in [3.63, 3.8) is 0 Å². The van der Waals surface area contributed by atoms with Crippen LogP contribution in [0, 0.1) is 5.41 Å². The summed E-state index contributed by atoms with van der Waals surface area (Å²) in [6, 6.07) is 0. The molecule has 92 valence electrons. The third-order valence-electron chi connectivity index (χ3n) is 2.25. The highest BCUT2D eigenvalue weighted by Gasteiger charge is 2.18. The van der Waals surface area contributed by atoms with Gasteiger partial charge in [0.05, 0.1) is 6.61 Å². The van der Waals surface area contributed by atoms with Gasteiger partial charge < -0.3 is 14.4 Å². The molecule has 0 aliphatic carbocycles. The second-order valence-corrected chi connectivity index (χ2v) is 5.07. The van der Waals surface area contributed by atoms with E-state index in [-0.39, 0.29) is 12.0 Å². The van der Waals surface area contributed by atoms with Crippen molar-refractivity contribution < 1.29 is 9.84 Å². The minimum absolute atomic E-state index is 0.0825.